The monoisotopic (exact) mass is 266 g/mol. The highest BCUT2D eigenvalue weighted by Crippen LogP contribution is 2.33. The van der Waals surface area contributed by atoms with Crippen LogP contribution in [0.15, 0.2) is 0 Å². The molecule has 3 heteroatoms. The van der Waals surface area contributed by atoms with Gasteiger partial charge < -0.3 is 15.0 Å². The third kappa shape index (κ3) is 3.14. The van der Waals surface area contributed by atoms with Crippen molar-refractivity contribution in [3.8, 4) is 0 Å². The second-order valence-electron chi connectivity index (χ2n) is 6.87. The van der Waals surface area contributed by atoms with Crippen LogP contribution in [0.2, 0.25) is 0 Å². The molecule has 0 aromatic heterocycles. The molecule has 2 atom stereocenters. The second kappa shape index (κ2) is 6.11. The molecular formula is C16H30N2O. The fourth-order valence-electron chi connectivity index (χ4n) is 4.45. The van der Waals surface area contributed by atoms with E-state index in [0.717, 1.165) is 12.5 Å². The Morgan fingerprint density at radius 2 is 2.11 bits per heavy atom. The summed E-state index contributed by atoms with van der Waals surface area (Å²) in [6, 6.07) is 0. The Bertz CT molecular complexity index is 288. The van der Waals surface area contributed by atoms with E-state index in [-0.39, 0.29) is 0 Å². The summed E-state index contributed by atoms with van der Waals surface area (Å²) in [6.07, 6.45) is 9.92. The summed E-state index contributed by atoms with van der Waals surface area (Å²) in [5.74, 6) is 0.779. The van der Waals surface area contributed by atoms with Crippen LogP contribution in [-0.4, -0.2) is 49.3 Å². The molecule has 19 heavy (non-hydrogen) atoms. The first kappa shape index (κ1) is 13.8. The largest absolute Gasteiger partial charge is 0.378 e. The van der Waals surface area contributed by atoms with Gasteiger partial charge in [-0.15, -0.1) is 0 Å². The van der Waals surface area contributed by atoms with Crippen LogP contribution in [0.25, 0.3) is 0 Å². The van der Waals surface area contributed by atoms with Crippen molar-refractivity contribution >= 4 is 0 Å². The van der Waals surface area contributed by atoms with Crippen LogP contribution in [0.4, 0.5) is 0 Å². The van der Waals surface area contributed by atoms with Crippen LogP contribution >= 0.6 is 0 Å². The van der Waals surface area contributed by atoms with Crippen LogP contribution < -0.4 is 5.32 Å². The van der Waals surface area contributed by atoms with E-state index < -0.39 is 0 Å². The summed E-state index contributed by atoms with van der Waals surface area (Å²) >= 11 is 0. The lowest BCUT2D eigenvalue weighted by Crippen LogP contribution is -2.50. The molecular weight excluding hydrogens is 236 g/mol. The first-order chi connectivity index (χ1) is 9.31. The lowest BCUT2D eigenvalue weighted by atomic mass is 9.95. The van der Waals surface area contributed by atoms with Gasteiger partial charge in [0.05, 0.1) is 6.10 Å². The molecule has 3 aliphatic rings. The van der Waals surface area contributed by atoms with Crippen LogP contribution in [0.1, 0.15) is 51.9 Å². The van der Waals surface area contributed by atoms with Crippen molar-refractivity contribution in [1.29, 1.82) is 0 Å². The Kier molecular flexibility index (Phi) is 4.45. The van der Waals surface area contributed by atoms with Crippen molar-refractivity contribution in [3.05, 3.63) is 0 Å². The van der Waals surface area contributed by atoms with E-state index >= 15 is 0 Å². The molecule has 0 bridgehead atoms. The van der Waals surface area contributed by atoms with Crippen LogP contribution in [0.5, 0.6) is 0 Å². The van der Waals surface area contributed by atoms with Gasteiger partial charge in [-0.05, 0) is 51.1 Å². The molecule has 0 aromatic carbocycles. The fourth-order valence-corrected chi connectivity index (χ4v) is 4.45. The van der Waals surface area contributed by atoms with Crippen LogP contribution in [0.3, 0.4) is 0 Å². The summed E-state index contributed by atoms with van der Waals surface area (Å²) < 4.78 is 5.86. The maximum Gasteiger partial charge on any atom is 0.0613 e. The number of hydrogen-bond donors (Lipinski definition) is 1. The predicted octanol–water partition coefficient (Wildman–Crippen LogP) is 2.41. The summed E-state index contributed by atoms with van der Waals surface area (Å²) in [5.41, 5.74) is 0.456. The van der Waals surface area contributed by atoms with Crippen LogP contribution in [-0.2, 0) is 4.74 Å². The van der Waals surface area contributed by atoms with E-state index in [0.29, 0.717) is 11.6 Å². The maximum atomic E-state index is 5.86. The zero-order valence-electron chi connectivity index (χ0n) is 12.5. The van der Waals surface area contributed by atoms with Gasteiger partial charge in [0.25, 0.3) is 0 Å². The number of nitrogens with one attached hydrogen (secondary N) is 1. The highest BCUT2D eigenvalue weighted by molar-refractivity contribution is 4.97. The summed E-state index contributed by atoms with van der Waals surface area (Å²) in [4.78, 5) is 2.74. The zero-order valence-corrected chi connectivity index (χ0v) is 12.5. The van der Waals surface area contributed by atoms with Gasteiger partial charge in [0.1, 0.15) is 0 Å². The average molecular weight is 266 g/mol. The Hall–Kier alpha value is -0.120. The molecule has 1 N–H and O–H groups in total. The molecule has 110 valence electrons. The standard InChI is InChI=1S/C16H30N2O/c1-2-15-14(6-11-19-15)12-18-10-5-9-17-16(13-18)7-3-4-8-16/h14-15,17H,2-13H2,1H3. The molecule has 0 aromatic rings. The van der Waals surface area contributed by atoms with E-state index in [1.165, 1.54) is 71.1 Å². The summed E-state index contributed by atoms with van der Waals surface area (Å²) in [7, 11) is 0. The summed E-state index contributed by atoms with van der Waals surface area (Å²) in [5, 5.41) is 3.86. The highest BCUT2D eigenvalue weighted by atomic mass is 16.5. The van der Waals surface area contributed by atoms with Gasteiger partial charge in [-0.3, -0.25) is 0 Å². The van der Waals surface area contributed by atoms with Crippen molar-refractivity contribution in [3.63, 3.8) is 0 Å². The van der Waals surface area contributed by atoms with Crippen molar-refractivity contribution in [2.75, 3.05) is 32.8 Å². The van der Waals surface area contributed by atoms with Crippen LogP contribution in [0, 0.1) is 5.92 Å². The SMILES string of the molecule is CCC1OCCC1CN1CCCNC2(CCCC2)C1. The highest BCUT2D eigenvalue weighted by Gasteiger charge is 2.37. The fraction of sp³-hybridized carbons (Fsp3) is 1.00. The third-order valence-corrected chi connectivity index (χ3v) is 5.48. The molecule has 2 saturated heterocycles. The number of ether oxygens (including phenoxy) is 1. The second-order valence-corrected chi connectivity index (χ2v) is 6.87. The molecule has 2 aliphatic heterocycles. The van der Waals surface area contributed by atoms with Crippen molar-refractivity contribution in [2.24, 2.45) is 5.92 Å². The number of hydrogen-bond acceptors (Lipinski definition) is 3. The quantitative estimate of drug-likeness (QED) is 0.849. The number of rotatable bonds is 3. The van der Waals surface area contributed by atoms with E-state index in [1.807, 2.05) is 0 Å². The molecule has 3 rings (SSSR count). The Balaban J connectivity index is 1.60. The first-order valence-electron chi connectivity index (χ1n) is 8.40. The smallest absolute Gasteiger partial charge is 0.0613 e. The first-order valence-corrected chi connectivity index (χ1v) is 8.40. The van der Waals surface area contributed by atoms with Crippen molar-refractivity contribution in [2.45, 2.75) is 63.5 Å². The van der Waals surface area contributed by atoms with E-state index in [9.17, 15) is 0 Å². The topological polar surface area (TPSA) is 24.5 Å². The molecule has 1 aliphatic carbocycles. The Morgan fingerprint density at radius 1 is 1.26 bits per heavy atom. The maximum absolute atomic E-state index is 5.86. The summed E-state index contributed by atoms with van der Waals surface area (Å²) in [6.45, 7) is 8.30. The molecule has 2 heterocycles. The van der Waals surface area contributed by atoms with Gasteiger partial charge in [0.2, 0.25) is 0 Å². The third-order valence-electron chi connectivity index (χ3n) is 5.48. The van der Waals surface area contributed by atoms with E-state index in [4.69, 9.17) is 4.74 Å². The minimum atomic E-state index is 0.456. The van der Waals surface area contributed by atoms with Gasteiger partial charge in [0, 0.05) is 25.2 Å². The molecule has 0 radical (unpaired) electrons. The predicted molar refractivity (Wildman–Crippen MR) is 78.4 cm³/mol. The van der Waals surface area contributed by atoms with Gasteiger partial charge in [-0.2, -0.15) is 0 Å². The molecule has 1 saturated carbocycles. The average Bonchev–Trinajstić information content (AvgIpc) is 2.99. The molecule has 3 nitrogen and oxygen atoms in total. The Morgan fingerprint density at radius 3 is 2.89 bits per heavy atom. The lowest BCUT2D eigenvalue weighted by Gasteiger charge is -2.35. The minimum absolute atomic E-state index is 0.456. The zero-order chi connectivity index (χ0) is 13.1. The Labute approximate surface area is 118 Å². The van der Waals surface area contributed by atoms with Crippen molar-refractivity contribution in [1.82, 2.24) is 10.2 Å². The number of nitrogens with zero attached hydrogens (tertiary/aromatic N) is 1. The normalized spacial score (nSPS) is 35.8. The van der Waals surface area contributed by atoms with E-state index in [2.05, 4.69) is 17.1 Å². The van der Waals surface area contributed by atoms with Gasteiger partial charge in [-0.25, -0.2) is 0 Å². The van der Waals surface area contributed by atoms with Gasteiger partial charge in [-0.1, -0.05) is 19.8 Å². The van der Waals surface area contributed by atoms with Crippen molar-refractivity contribution < 1.29 is 4.74 Å². The molecule has 3 fully saturated rings. The molecule has 2 unspecified atom stereocenters. The molecule has 0 amide bonds. The van der Waals surface area contributed by atoms with Gasteiger partial charge in [0.15, 0.2) is 0 Å². The lowest BCUT2D eigenvalue weighted by molar-refractivity contribution is 0.0724. The molecule has 1 spiro atoms. The van der Waals surface area contributed by atoms with Gasteiger partial charge >= 0.3 is 0 Å². The minimum Gasteiger partial charge on any atom is -0.378 e. The van der Waals surface area contributed by atoms with E-state index in [1.54, 1.807) is 0 Å².